The van der Waals surface area contributed by atoms with Gasteiger partial charge in [0.1, 0.15) is 0 Å². The van der Waals surface area contributed by atoms with Crippen molar-refractivity contribution in [3.05, 3.63) is 12.7 Å². The molecule has 0 aromatic heterocycles. The molecule has 0 spiro atoms. The van der Waals surface area contributed by atoms with Gasteiger partial charge in [0.2, 0.25) is 5.91 Å². The van der Waals surface area contributed by atoms with Crippen molar-refractivity contribution >= 4 is 11.9 Å². The lowest BCUT2D eigenvalue weighted by atomic mass is 10.3. The lowest BCUT2D eigenvalue weighted by Crippen LogP contribution is -2.42. The molecule has 0 radical (unpaired) electrons. The van der Waals surface area contributed by atoms with Gasteiger partial charge in [-0.15, -0.1) is 0 Å². The molecule has 1 atom stereocenters. The van der Waals surface area contributed by atoms with E-state index in [4.69, 9.17) is 10.2 Å². The summed E-state index contributed by atoms with van der Waals surface area (Å²) in [6.45, 7) is 2.49. The smallest absolute Gasteiger partial charge is 0.328 e. The molecular formula is C6H9NO4. The van der Waals surface area contributed by atoms with Gasteiger partial charge in [-0.25, -0.2) is 4.79 Å². The van der Waals surface area contributed by atoms with Crippen LogP contribution in [0.15, 0.2) is 12.7 Å². The molecule has 5 nitrogen and oxygen atoms in total. The quantitative estimate of drug-likeness (QED) is 0.446. The van der Waals surface area contributed by atoms with Gasteiger partial charge >= 0.3 is 5.97 Å². The van der Waals surface area contributed by atoms with Crippen LogP contribution in [0.2, 0.25) is 0 Å². The van der Waals surface area contributed by atoms with Crippen LogP contribution in [-0.2, 0) is 9.59 Å². The minimum absolute atomic E-state index is 0.619. The largest absolute Gasteiger partial charge is 0.480 e. The third-order valence-electron chi connectivity index (χ3n) is 0.983. The lowest BCUT2D eigenvalue weighted by molar-refractivity contribution is -0.142. The average Bonchev–Trinajstić information content (AvgIpc) is 1.99. The molecule has 5 heteroatoms. The van der Waals surface area contributed by atoms with E-state index in [2.05, 4.69) is 6.58 Å². The highest BCUT2D eigenvalue weighted by Crippen LogP contribution is 1.81. The van der Waals surface area contributed by atoms with Crippen LogP contribution in [0.5, 0.6) is 0 Å². The van der Waals surface area contributed by atoms with Gasteiger partial charge in [-0.1, -0.05) is 6.58 Å². The van der Waals surface area contributed by atoms with E-state index < -0.39 is 24.5 Å². The zero-order valence-corrected chi connectivity index (χ0v) is 5.78. The number of carboxylic acids is 1. The first-order chi connectivity index (χ1) is 5.11. The fourth-order valence-electron chi connectivity index (χ4n) is 0.416. The normalized spacial score (nSPS) is 11.7. The van der Waals surface area contributed by atoms with E-state index in [0.29, 0.717) is 0 Å². The maximum atomic E-state index is 10.5. The number of carbonyl (C=O) groups is 2. The SMILES string of the molecule is C=CC(=O)NC(CO)C(=O)O. The number of aliphatic carboxylic acids is 1. The topological polar surface area (TPSA) is 86.6 Å². The summed E-state index contributed by atoms with van der Waals surface area (Å²) in [5.41, 5.74) is 0. The summed E-state index contributed by atoms with van der Waals surface area (Å²) < 4.78 is 0. The highest BCUT2D eigenvalue weighted by atomic mass is 16.4. The summed E-state index contributed by atoms with van der Waals surface area (Å²) in [7, 11) is 0. The van der Waals surface area contributed by atoms with E-state index in [-0.39, 0.29) is 0 Å². The Morgan fingerprint density at radius 2 is 2.18 bits per heavy atom. The van der Waals surface area contributed by atoms with Crippen LogP contribution in [0.1, 0.15) is 0 Å². The van der Waals surface area contributed by atoms with Gasteiger partial charge in [-0.05, 0) is 6.08 Å². The molecule has 0 aromatic carbocycles. The summed E-state index contributed by atoms with van der Waals surface area (Å²) in [5, 5.41) is 18.7. The molecule has 0 aliphatic heterocycles. The fraction of sp³-hybridized carbons (Fsp3) is 0.333. The predicted octanol–water partition coefficient (Wildman–Crippen LogP) is -1.27. The Labute approximate surface area is 63.3 Å². The van der Waals surface area contributed by atoms with Crippen molar-refractivity contribution in [2.24, 2.45) is 0 Å². The number of nitrogens with one attached hydrogen (secondary N) is 1. The molecule has 11 heavy (non-hydrogen) atoms. The number of hydrogen-bond donors (Lipinski definition) is 3. The first kappa shape index (κ1) is 9.64. The van der Waals surface area contributed by atoms with E-state index in [9.17, 15) is 9.59 Å². The molecule has 0 aliphatic rings. The van der Waals surface area contributed by atoms with Crippen LogP contribution in [0.25, 0.3) is 0 Å². The summed E-state index contributed by atoms with van der Waals surface area (Å²) in [4.78, 5) is 20.7. The van der Waals surface area contributed by atoms with Crippen LogP contribution >= 0.6 is 0 Å². The second-order valence-electron chi connectivity index (χ2n) is 1.79. The van der Waals surface area contributed by atoms with Crippen LogP contribution in [-0.4, -0.2) is 34.7 Å². The molecule has 0 heterocycles. The number of aliphatic hydroxyl groups excluding tert-OH is 1. The lowest BCUT2D eigenvalue weighted by Gasteiger charge is -2.08. The van der Waals surface area contributed by atoms with Gasteiger partial charge in [0.05, 0.1) is 6.61 Å². The number of amides is 1. The first-order valence-corrected chi connectivity index (χ1v) is 2.88. The van der Waals surface area contributed by atoms with Gasteiger partial charge < -0.3 is 15.5 Å². The molecule has 0 saturated carbocycles. The Morgan fingerprint density at radius 3 is 2.45 bits per heavy atom. The Bertz CT molecular complexity index is 177. The molecule has 0 rings (SSSR count). The number of carbonyl (C=O) groups excluding carboxylic acids is 1. The number of carboxylic acid groups (broad SMARTS) is 1. The Kier molecular flexibility index (Phi) is 3.90. The third-order valence-corrected chi connectivity index (χ3v) is 0.983. The molecular weight excluding hydrogens is 150 g/mol. The van der Waals surface area contributed by atoms with Gasteiger partial charge in [0, 0.05) is 0 Å². The van der Waals surface area contributed by atoms with Crippen LogP contribution < -0.4 is 5.32 Å². The fourth-order valence-corrected chi connectivity index (χ4v) is 0.416. The first-order valence-electron chi connectivity index (χ1n) is 2.88. The maximum absolute atomic E-state index is 10.5. The van der Waals surface area contributed by atoms with Gasteiger partial charge in [-0.3, -0.25) is 4.79 Å². The van der Waals surface area contributed by atoms with Crippen molar-refractivity contribution in [2.45, 2.75) is 6.04 Å². The van der Waals surface area contributed by atoms with Gasteiger partial charge in [0.25, 0.3) is 0 Å². The number of aliphatic hydroxyl groups is 1. The molecule has 1 unspecified atom stereocenters. The summed E-state index contributed by atoms with van der Waals surface area (Å²) >= 11 is 0. The van der Waals surface area contributed by atoms with Crippen molar-refractivity contribution in [1.29, 1.82) is 0 Å². The molecule has 62 valence electrons. The molecule has 0 aliphatic carbocycles. The second kappa shape index (κ2) is 4.45. The summed E-state index contributed by atoms with van der Waals surface area (Å²) in [5.74, 6) is -1.89. The summed E-state index contributed by atoms with van der Waals surface area (Å²) in [6.07, 6.45) is 0.936. The minimum Gasteiger partial charge on any atom is -0.480 e. The zero-order chi connectivity index (χ0) is 8.85. The molecule has 0 fully saturated rings. The van der Waals surface area contributed by atoms with E-state index in [1.54, 1.807) is 0 Å². The van der Waals surface area contributed by atoms with Gasteiger partial charge in [-0.2, -0.15) is 0 Å². The van der Waals surface area contributed by atoms with Crippen molar-refractivity contribution in [3.8, 4) is 0 Å². The predicted molar refractivity (Wildman–Crippen MR) is 36.8 cm³/mol. The molecule has 3 N–H and O–H groups in total. The third kappa shape index (κ3) is 3.36. The Hall–Kier alpha value is -1.36. The standard InChI is InChI=1S/C6H9NO4/c1-2-5(9)7-4(3-8)6(10)11/h2,4,8H,1,3H2,(H,7,9)(H,10,11). The minimum atomic E-state index is -1.28. The second-order valence-corrected chi connectivity index (χ2v) is 1.79. The molecule has 1 amide bonds. The summed E-state index contributed by atoms with van der Waals surface area (Å²) in [6, 6.07) is -1.25. The van der Waals surface area contributed by atoms with Crippen molar-refractivity contribution in [1.82, 2.24) is 5.32 Å². The number of rotatable bonds is 4. The van der Waals surface area contributed by atoms with Crippen LogP contribution in [0.4, 0.5) is 0 Å². The molecule has 0 saturated heterocycles. The van der Waals surface area contributed by atoms with Crippen molar-refractivity contribution in [2.75, 3.05) is 6.61 Å². The monoisotopic (exact) mass is 159 g/mol. The molecule has 0 aromatic rings. The Balaban J connectivity index is 3.97. The highest BCUT2D eigenvalue weighted by Gasteiger charge is 2.16. The van der Waals surface area contributed by atoms with E-state index in [1.165, 1.54) is 0 Å². The average molecular weight is 159 g/mol. The van der Waals surface area contributed by atoms with Crippen LogP contribution in [0.3, 0.4) is 0 Å². The molecule has 0 bridgehead atoms. The van der Waals surface area contributed by atoms with E-state index in [0.717, 1.165) is 6.08 Å². The van der Waals surface area contributed by atoms with E-state index in [1.807, 2.05) is 5.32 Å². The van der Waals surface area contributed by atoms with Gasteiger partial charge in [0.15, 0.2) is 6.04 Å². The van der Waals surface area contributed by atoms with Crippen molar-refractivity contribution in [3.63, 3.8) is 0 Å². The van der Waals surface area contributed by atoms with E-state index >= 15 is 0 Å². The Morgan fingerprint density at radius 1 is 1.64 bits per heavy atom. The van der Waals surface area contributed by atoms with Crippen molar-refractivity contribution < 1.29 is 19.8 Å². The maximum Gasteiger partial charge on any atom is 0.328 e. The number of hydrogen-bond acceptors (Lipinski definition) is 3. The highest BCUT2D eigenvalue weighted by molar-refractivity contribution is 5.90. The zero-order valence-electron chi connectivity index (χ0n) is 5.78. The van der Waals surface area contributed by atoms with Crippen LogP contribution in [0, 0.1) is 0 Å².